The van der Waals surface area contributed by atoms with E-state index in [1.54, 1.807) is 19.2 Å². The van der Waals surface area contributed by atoms with Crippen molar-refractivity contribution < 1.29 is 19.4 Å². The monoisotopic (exact) mass is 239 g/mol. The average molecular weight is 239 g/mol. The van der Waals surface area contributed by atoms with Crippen LogP contribution < -0.4 is 10.1 Å². The largest absolute Gasteiger partial charge is 0.492 e. The van der Waals surface area contributed by atoms with Crippen molar-refractivity contribution in [1.82, 2.24) is 5.32 Å². The second-order valence-corrected chi connectivity index (χ2v) is 3.42. The van der Waals surface area contributed by atoms with Gasteiger partial charge in [-0.05, 0) is 18.2 Å². The van der Waals surface area contributed by atoms with E-state index in [9.17, 15) is 4.79 Å². The summed E-state index contributed by atoms with van der Waals surface area (Å²) in [6.07, 6.45) is 0. The van der Waals surface area contributed by atoms with Gasteiger partial charge in [0, 0.05) is 20.2 Å². The minimum Gasteiger partial charge on any atom is -0.492 e. The van der Waals surface area contributed by atoms with Gasteiger partial charge < -0.3 is 19.9 Å². The molecule has 0 bridgehead atoms. The fourth-order valence-corrected chi connectivity index (χ4v) is 1.26. The molecule has 0 aliphatic carbocycles. The number of hydrogen-bond acceptors (Lipinski definition) is 4. The lowest BCUT2D eigenvalue weighted by Gasteiger charge is -2.07. The Hall–Kier alpha value is -1.59. The number of carbonyl (C=O) groups is 1. The molecule has 0 amide bonds. The maximum atomic E-state index is 10.7. The summed E-state index contributed by atoms with van der Waals surface area (Å²) in [6, 6.07) is 6.45. The number of ether oxygens (including phenoxy) is 2. The third kappa shape index (κ3) is 5.33. The van der Waals surface area contributed by atoms with E-state index in [-0.39, 0.29) is 5.56 Å². The Morgan fingerprint density at radius 1 is 1.35 bits per heavy atom. The summed E-state index contributed by atoms with van der Waals surface area (Å²) in [5, 5.41) is 11.9. The molecule has 0 saturated heterocycles. The highest BCUT2D eigenvalue weighted by Crippen LogP contribution is 2.12. The number of carboxylic acids is 1. The van der Waals surface area contributed by atoms with Crippen LogP contribution in [0.25, 0.3) is 0 Å². The molecule has 1 aromatic carbocycles. The lowest BCUT2D eigenvalue weighted by atomic mass is 10.2. The van der Waals surface area contributed by atoms with Crippen molar-refractivity contribution in [3.05, 3.63) is 29.8 Å². The van der Waals surface area contributed by atoms with Gasteiger partial charge >= 0.3 is 5.97 Å². The molecule has 0 aliphatic heterocycles. The van der Waals surface area contributed by atoms with Crippen molar-refractivity contribution in [2.24, 2.45) is 0 Å². The molecule has 5 nitrogen and oxygen atoms in total. The Morgan fingerprint density at radius 2 is 2.12 bits per heavy atom. The van der Waals surface area contributed by atoms with Crippen molar-refractivity contribution >= 4 is 5.97 Å². The summed E-state index contributed by atoms with van der Waals surface area (Å²) in [4.78, 5) is 10.7. The predicted octanol–water partition coefficient (Wildman–Crippen LogP) is 1.000. The Morgan fingerprint density at radius 3 is 2.82 bits per heavy atom. The third-order valence-electron chi connectivity index (χ3n) is 2.11. The number of nitrogens with one attached hydrogen (secondary N) is 1. The van der Waals surface area contributed by atoms with Crippen LogP contribution >= 0.6 is 0 Å². The molecule has 17 heavy (non-hydrogen) atoms. The fourth-order valence-electron chi connectivity index (χ4n) is 1.26. The molecule has 0 saturated carbocycles. The SMILES string of the molecule is COCCNCCOc1cccc(C(=O)O)c1. The van der Waals surface area contributed by atoms with Gasteiger partial charge in [0.2, 0.25) is 0 Å². The van der Waals surface area contributed by atoms with E-state index >= 15 is 0 Å². The van der Waals surface area contributed by atoms with Crippen LogP contribution in [0.5, 0.6) is 5.75 Å². The number of aromatic carboxylic acids is 1. The zero-order valence-corrected chi connectivity index (χ0v) is 9.81. The number of benzene rings is 1. The molecule has 0 radical (unpaired) electrons. The van der Waals surface area contributed by atoms with Gasteiger partial charge in [-0.25, -0.2) is 4.79 Å². The molecule has 94 valence electrons. The first-order valence-corrected chi connectivity index (χ1v) is 5.40. The van der Waals surface area contributed by atoms with Crippen LogP contribution in [0.1, 0.15) is 10.4 Å². The molecule has 0 fully saturated rings. The molecule has 1 aromatic rings. The molecular formula is C12H17NO4. The fraction of sp³-hybridized carbons (Fsp3) is 0.417. The van der Waals surface area contributed by atoms with Gasteiger partial charge in [0.15, 0.2) is 0 Å². The van der Waals surface area contributed by atoms with Gasteiger partial charge in [-0.2, -0.15) is 0 Å². The van der Waals surface area contributed by atoms with Crippen LogP contribution in [0.4, 0.5) is 0 Å². The Bertz CT molecular complexity index is 354. The number of hydrogen-bond donors (Lipinski definition) is 2. The smallest absolute Gasteiger partial charge is 0.335 e. The molecule has 2 N–H and O–H groups in total. The number of methoxy groups -OCH3 is 1. The highest BCUT2D eigenvalue weighted by molar-refractivity contribution is 5.87. The second kappa shape index (κ2) is 7.65. The average Bonchev–Trinajstić information content (AvgIpc) is 2.34. The summed E-state index contributed by atoms with van der Waals surface area (Å²) >= 11 is 0. The van der Waals surface area contributed by atoms with Gasteiger partial charge in [-0.3, -0.25) is 0 Å². The van der Waals surface area contributed by atoms with Crippen molar-refractivity contribution in [3.63, 3.8) is 0 Å². The van der Waals surface area contributed by atoms with Crippen LogP contribution in [-0.4, -0.2) is 44.5 Å². The highest BCUT2D eigenvalue weighted by Gasteiger charge is 2.03. The highest BCUT2D eigenvalue weighted by atomic mass is 16.5. The molecule has 5 heteroatoms. The van der Waals surface area contributed by atoms with Crippen molar-refractivity contribution in [1.29, 1.82) is 0 Å². The predicted molar refractivity (Wildman–Crippen MR) is 63.6 cm³/mol. The van der Waals surface area contributed by atoms with Gasteiger partial charge in [-0.1, -0.05) is 6.07 Å². The second-order valence-electron chi connectivity index (χ2n) is 3.42. The first-order valence-electron chi connectivity index (χ1n) is 5.40. The van der Waals surface area contributed by atoms with Crippen molar-refractivity contribution in [3.8, 4) is 5.75 Å². The molecule has 0 spiro atoms. The molecule has 0 heterocycles. The number of rotatable bonds is 8. The maximum Gasteiger partial charge on any atom is 0.335 e. The summed E-state index contributed by atoms with van der Waals surface area (Å²) in [6.45, 7) is 2.62. The normalized spacial score (nSPS) is 10.2. The van der Waals surface area contributed by atoms with Crippen LogP contribution in [-0.2, 0) is 4.74 Å². The Kier molecular flexibility index (Phi) is 6.06. The first-order chi connectivity index (χ1) is 8.24. The van der Waals surface area contributed by atoms with Gasteiger partial charge in [0.05, 0.1) is 12.2 Å². The van der Waals surface area contributed by atoms with Crippen LogP contribution in [0, 0.1) is 0 Å². The van der Waals surface area contributed by atoms with E-state index in [1.165, 1.54) is 12.1 Å². The Balaban J connectivity index is 2.27. The summed E-state index contributed by atoms with van der Waals surface area (Å²) in [5.74, 6) is -0.382. The van der Waals surface area contributed by atoms with E-state index in [1.807, 2.05) is 0 Å². The van der Waals surface area contributed by atoms with Crippen LogP contribution in [0.3, 0.4) is 0 Å². The minimum atomic E-state index is -0.950. The van der Waals surface area contributed by atoms with E-state index < -0.39 is 5.97 Å². The minimum absolute atomic E-state index is 0.231. The van der Waals surface area contributed by atoms with E-state index in [0.29, 0.717) is 25.5 Å². The lowest BCUT2D eigenvalue weighted by molar-refractivity contribution is 0.0696. The molecule has 0 unspecified atom stereocenters. The van der Waals surface area contributed by atoms with Gasteiger partial charge in [-0.15, -0.1) is 0 Å². The molecule has 0 aromatic heterocycles. The van der Waals surface area contributed by atoms with E-state index in [4.69, 9.17) is 14.6 Å². The third-order valence-corrected chi connectivity index (χ3v) is 2.11. The lowest BCUT2D eigenvalue weighted by Crippen LogP contribution is -2.24. The van der Waals surface area contributed by atoms with Crippen molar-refractivity contribution in [2.45, 2.75) is 0 Å². The van der Waals surface area contributed by atoms with Gasteiger partial charge in [0.1, 0.15) is 12.4 Å². The first kappa shape index (κ1) is 13.5. The molecule has 0 aliphatic rings. The molecular weight excluding hydrogens is 222 g/mol. The summed E-state index contributed by atoms with van der Waals surface area (Å²) in [5.41, 5.74) is 0.231. The standard InChI is InChI=1S/C12H17NO4/c1-16-7-5-13-6-8-17-11-4-2-3-10(9-11)12(14)15/h2-4,9,13H,5-8H2,1H3,(H,14,15). The topological polar surface area (TPSA) is 67.8 Å². The summed E-state index contributed by atoms with van der Waals surface area (Å²) in [7, 11) is 1.65. The summed E-state index contributed by atoms with van der Waals surface area (Å²) < 4.78 is 10.3. The van der Waals surface area contributed by atoms with Gasteiger partial charge in [0.25, 0.3) is 0 Å². The van der Waals surface area contributed by atoms with E-state index in [2.05, 4.69) is 5.32 Å². The van der Waals surface area contributed by atoms with E-state index in [0.717, 1.165) is 6.54 Å². The molecule has 0 atom stereocenters. The maximum absolute atomic E-state index is 10.7. The number of carboxylic acid groups (broad SMARTS) is 1. The zero-order valence-electron chi connectivity index (χ0n) is 9.81. The van der Waals surface area contributed by atoms with Crippen molar-refractivity contribution in [2.75, 3.05) is 33.4 Å². The zero-order chi connectivity index (χ0) is 12.5. The Labute approximate surface area is 100 Å². The van der Waals surface area contributed by atoms with Crippen LogP contribution in [0.2, 0.25) is 0 Å². The quantitative estimate of drug-likeness (QED) is 0.662. The van der Waals surface area contributed by atoms with Crippen LogP contribution in [0.15, 0.2) is 24.3 Å². The molecule has 1 rings (SSSR count).